The van der Waals surface area contributed by atoms with Crippen molar-refractivity contribution < 1.29 is 57.6 Å². The van der Waals surface area contributed by atoms with E-state index >= 15 is 0 Å². The van der Waals surface area contributed by atoms with Crippen LogP contribution >= 0.6 is 0 Å². The summed E-state index contributed by atoms with van der Waals surface area (Å²) in [5, 5.41) is 9.34. The normalized spacial score (nSPS) is 9.42. The van der Waals surface area contributed by atoms with Crippen LogP contribution in [0.1, 0.15) is 117 Å². The Morgan fingerprint density at radius 2 is 0.797 bits per heavy atom. The van der Waals surface area contributed by atoms with E-state index in [2.05, 4.69) is 0 Å². The second-order valence-corrected chi connectivity index (χ2v) is 18.1. The summed E-state index contributed by atoms with van der Waals surface area (Å²) in [6.07, 6.45) is 5.73. The molecule has 0 amide bonds. The number of nitrogens with zero attached hydrogens (tertiary/aromatic N) is 2. The van der Waals surface area contributed by atoms with Crippen LogP contribution in [-0.2, 0) is 0 Å². The fourth-order valence-electron chi connectivity index (χ4n) is 6.86. The fraction of sp³-hybridized carbons (Fsp3) is 0.246. The van der Waals surface area contributed by atoms with Crippen molar-refractivity contribution in [1.29, 1.82) is 0 Å². The number of hydrogen-bond acceptors (Lipinski definition) is 14. The number of aryl methyl sites for hydroxylation is 6. The van der Waals surface area contributed by atoms with Gasteiger partial charge < -0.3 is 33.9 Å². The highest BCUT2D eigenvalue weighted by molar-refractivity contribution is 5.84. The van der Waals surface area contributed by atoms with Crippen LogP contribution < -0.4 is 28.7 Å². The van der Waals surface area contributed by atoms with Crippen LogP contribution in [0.4, 0.5) is 11.4 Å². The third-order valence-corrected chi connectivity index (χ3v) is 11.9. The molecule has 0 spiro atoms. The van der Waals surface area contributed by atoms with Crippen LogP contribution in [0.2, 0.25) is 0 Å². The highest BCUT2D eigenvalue weighted by atomic mass is 16.5. The smallest absolute Gasteiger partial charge is 0.157 e. The predicted molar refractivity (Wildman–Crippen MR) is 317 cm³/mol. The van der Waals surface area contributed by atoms with Crippen molar-refractivity contribution in [2.24, 2.45) is 0 Å². The molecule has 1 N–H and O–H groups in total. The molecule has 418 valence electrons. The first-order valence-corrected chi connectivity index (χ1v) is 24.7. The van der Waals surface area contributed by atoms with Crippen molar-refractivity contribution in [1.82, 2.24) is 0 Å². The van der Waals surface area contributed by atoms with Gasteiger partial charge in [-0.2, -0.15) is 0 Å². The van der Waals surface area contributed by atoms with Crippen LogP contribution in [0.25, 0.3) is 0 Å². The molecular formula is C65H76N2O12. The Balaban J connectivity index is 0.000000462. The molecule has 0 atom stereocenters. The van der Waals surface area contributed by atoms with E-state index in [0.29, 0.717) is 17.8 Å². The SMILES string of the molecule is CN(C)c1ccc(C=O)cc1.CN(C)c1ccc(C=O)cc1.COc1cc(C)c(C=O)cc1C.COc1cc(O)c(C=O)c(OC)c1.COc1ccc(C=O)c(C)c1C.Cc1ccc(C)c(C=O)c1.Cc1ccc(C=O)c(C)c1. The Bertz CT molecular complexity index is 3010. The molecule has 0 fully saturated rings. The van der Waals surface area contributed by atoms with Gasteiger partial charge in [0.1, 0.15) is 66.5 Å². The summed E-state index contributed by atoms with van der Waals surface area (Å²) in [4.78, 5) is 76.9. The van der Waals surface area contributed by atoms with E-state index in [9.17, 15) is 38.7 Å². The third kappa shape index (κ3) is 22.9. The maximum Gasteiger partial charge on any atom is 0.157 e. The van der Waals surface area contributed by atoms with Crippen molar-refractivity contribution in [3.8, 4) is 28.7 Å². The quantitative estimate of drug-likeness (QED) is 0.108. The zero-order valence-electron chi connectivity index (χ0n) is 48.4. The minimum Gasteiger partial charge on any atom is -0.507 e. The first kappa shape index (κ1) is 67.8. The van der Waals surface area contributed by atoms with Crippen LogP contribution in [0.15, 0.2) is 121 Å². The zero-order chi connectivity index (χ0) is 59.8. The average Bonchev–Trinajstić information content (AvgIpc) is 3.45. The molecule has 14 nitrogen and oxygen atoms in total. The molecule has 0 saturated carbocycles. The topological polar surface area (TPSA) is 183 Å². The molecule has 0 aliphatic rings. The average molecular weight is 1080 g/mol. The van der Waals surface area contributed by atoms with Gasteiger partial charge in [-0.15, -0.1) is 0 Å². The Kier molecular flexibility index (Phi) is 30.9. The van der Waals surface area contributed by atoms with Gasteiger partial charge in [0.25, 0.3) is 0 Å². The maximum absolute atomic E-state index is 10.5. The van der Waals surface area contributed by atoms with E-state index in [1.165, 1.54) is 31.9 Å². The van der Waals surface area contributed by atoms with Crippen LogP contribution in [-0.4, -0.2) is 106 Å². The van der Waals surface area contributed by atoms with Crippen molar-refractivity contribution in [3.05, 3.63) is 205 Å². The summed E-state index contributed by atoms with van der Waals surface area (Å²) in [7, 11) is 14.0. The highest BCUT2D eigenvalue weighted by Crippen LogP contribution is 2.31. The number of phenolic OH excluding ortho intramolecular Hbond substituents is 1. The van der Waals surface area contributed by atoms with Gasteiger partial charge in [-0.25, -0.2) is 0 Å². The van der Waals surface area contributed by atoms with Gasteiger partial charge in [-0.1, -0.05) is 41.5 Å². The number of methoxy groups -OCH3 is 4. The molecule has 0 aromatic heterocycles. The lowest BCUT2D eigenvalue weighted by molar-refractivity contribution is 0.111. The number of phenols is 1. The Morgan fingerprint density at radius 3 is 1.20 bits per heavy atom. The highest BCUT2D eigenvalue weighted by Gasteiger charge is 2.10. The monoisotopic (exact) mass is 1080 g/mol. The van der Waals surface area contributed by atoms with E-state index in [1.54, 1.807) is 20.3 Å². The van der Waals surface area contributed by atoms with Gasteiger partial charge in [0.15, 0.2) is 6.29 Å². The lowest BCUT2D eigenvalue weighted by Gasteiger charge is -2.11. The molecule has 0 bridgehead atoms. The number of carbonyl (C=O) groups is 7. The van der Waals surface area contributed by atoms with E-state index in [-0.39, 0.29) is 11.3 Å². The van der Waals surface area contributed by atoms with E-state index in [0.717, 1.165) is 133 Å². The number of anilines is 2. The lowest BCUT2D eigenvalue weighted by atomic mass is 10.0. The van der Waals surface area contributed by atoms with E-state index in [4.69, 9.17) is 18.9 Å². The molecule has 7 rings (SSSR count). The molecule has 0 unspecified atom stereocenters. The fourth-order valence-corrected chi connectivity index (χ4v) is 6.86. The van der Waals surface area contributed by atoms with Crippen molar-refractivity contribution >= 4 is 55.4 Å². The standard InChI is InChI=1S/2C10H12O2.2C9H11NO.C9H10O4.2C9H10O/c1-7-5-10(12-3)8(2)4-9(7)6-11;1-7-8(2)10(12-3)5-4-9(7)6-11;2*1-10(2)9-5-3-8(7-11)4-6-9;1-12-6-3-8(11)7(5-10)9(4-6)13-2;1-7-3-4-9(6-10)8(2)5-7;1-7-3-4-8(2)9(5-7)6-10/h2*4-6H,1-3H3;2*3-7H,1-2H3;3-5,11H,1-2H3;2*3-6H,1-2H3. The second-order valence-electron chi connectivity index (χ2n) is 18.1. The maximum atomic E-state index is 10.5. The first-order valence-electron chi connectivity index (χ1n) is 24.7. The van der Waals surface area contributed by atoms with Crippen LogP contribution in [0.5, 0.6) is 28.7 Å². The number of benzene rings is 7. The lowest BCUT2D eigenvalue weighted by Crippen LogP contribution is -2.08. The number of aromatic hydroxyl groups is 1. The molecule has 0 saturated heterocycles. The summed E-state index contributed by atoms with van der Waals surface area (Å²) in [6.45, 7) is 15.5. The number of hydrogen-bond donors (Lipinski definition) is 1. The summed E-state index contributed by atoms with van der Waals surface area (Å²) >= 11 is 0. The zero-order valence-corrected chi connectivity index (χ0v) is 48.4. The Hall–Kier alpha value is -9.17. The van der Waals surface area contributed by atoms with Crippen LogP contribution in [0.3, 0.4) is 0 Å². The minimum absolute atomic E-state index is 0.128. The summed E-state index contributed by atoms with van der Waals surface area (Å²) in [5.41, 5.74) is 15.2. The molecule has 7 aromatic rings. The summed E-state index contributed by atoms with van der Waals surface area (Å²) in [6, 6.07) is 36.7. The minimum atomic E-state index is -0.147. The molecule has 0 aliphatic heterocycles. The predicted octanol–water partition coefficient (Wildman–Crippen LogP) is 12.8. The Labute approximate surface area is 466 Å². The molecule has 14 heteroatoms. The van der Waals surface area contributed by atoms with Gasteiger partial charge in [0.2, 0.25) is 0 Å². The molecule has 0 aliphatic carbocycles. The van der Waals surface area contributed by atoms with Crippen molar-refractivity contribution in [2.45, 2.75) is 55.4 Å². The Morgan fingerprint density at radius 1 is 0.354 bits per heavy atom. The van der Waals surface area contributed by atoms with Crippen LogP contribution in [0, 0.1) is 55.4 Å². The van der Waals surface area contributed by atoms with Gasteiger partial charge in [-0.05, 0) is 168 Å². The second kappa shape index (κ2) is 36.0. The first-order chi connectivity index (χ1) is 37.6. The number of carbonyl (C=O) groups excluding carboxylic acids is 7. The van der Waals surface area contributed by atoms with Gasteiger partial charge in [0.05, 0.1) is 34.0 Å². The number of ether oxygens (including phenoxy) is 4. The van der Waals surface area contributed by atoms with E-state index < -0.39 is 0 Å². The van der Waals surface area contributed by atoms with Crippen molar-refractivity contribution in [2.75, 3.05) is 66.4 Å². The number of rotatable bonds is 13. The largest absolute Gasteiger partial charge is 0.507 e. The molecule has 0 radical (unpaired) electrons. The summed E-state index contributed by atoms with van der Waals surface area (Å²) < 4.78 is 20.0. The van der Waals surface area contributed by atoms with Gasteiger partial charge in [-0.3, -0.25) is 33.6 Å². The summed E-state index contributed by atoms with van der Waals surface area (Å²) in [5.74, 6) is 2.26. The molecule has 0 heterocycles. The number of aldehydes is 7. The third-order valence-electron chi connectivity index (χ3n) is 11.9. The van der Waals surface area contributed by atoms with E-state index in [1.807, 2.05) is 197 Å². The van der Waals surface area contributed by atoms with Crippen molar-refractivity contribution in [3.63, 3.8) is 0 Å². The molecule has 79 heavy (non-hydrogen) atoms. The molecular weight excluding hydrogens is 1000 g/mol. The molecule has 7 aromatic carbocycles. The van der Waals surface area contributed by atoms with Gasteiger partial charge >= 0.3 is 0 Å². The van der Waals surface area contributed by atoms with Gasteiger partial charge in [0, 0.05) is 85.1 Å².